The molecule has 1 unspecified atom stereocenters. The number of carboxylic acid groups (broad SMARTS) is 1. The number of rotatable bonds is 5. The normalized spacial score (nSPS) is 21.8. The first-order valence-corrected chi connectivity index (χ1v) is 5.62. The van der Waals surface area contributed by atoms with E-state index in [1.54, 1.807) is 31.2 Å². The minimum Gasteiger partial charge on any atom is -0.508 e. The zero-order valence-electron chi connectivity index (χ0n) is 9.72. The minimum absolute atomic E-state index is 0.0909. The Morgan fingerprint density at radius 3 is 2.53 bits per heavy atom. The van der Waals surface area contributed by atoms with Crippen molar-refractivity contribution in [1.82, 2.24) is 0 Å². The number of phenols is 1. The maximum Gasteiger partial charge on any atom is 0.309 e. The number of benzene rings is 1. The molecule has 0 radical (unpaired) electrons. The number of phenolic OH excluding ortho intramolecular Hbond substituents is 1. The smallest absolute Gasteiger partial charge is 0.309 e. The fourth-order valence-electron chi connectivity index (χ4n) is 1.99. The monoisotopic (exact) mass is 236 g/mol. The summed E-state index contributed by atoms with van der Waals surface area (Å²) in [6.07, 6.45) is 1.07. The van der Waals surface area contributed by atoms with Crippen molar-refractivity contribution < 1.29 is 19.7 Å². The Balaban J connectivity index is 2.11. The van der Waals surface area contributed by atoms with Crippen molar-refractivity contribution in [2.75, 3.05) is 6.61 Å². The Bertz CT molecular complexity index is 408. The van der Waals surface area contributed by atoms with E-state index in [4.69, 9.17) is 4.74 Å². The largest absolute Gasteiger partial charge is 0.508 e. The molecule has 1 fully saturated rings. The van der Waals surface area contributed by atoms with Crippen LogP contribution in [0.2, 0.25) is 0 Å². The van der Waals surface area contributed by atoms with Crippen molar-refractivity contribution in [1.29, 1.82) is 0 Å². The van der Waals surface area contributed by atoms with Gasteiger partial charge in [0.2, 0.25) is 0 Å². The third kappa shape index (κ3) is 2.97. The van der Waals surface area contributed by atoms with E-state index in [2.05, 4.69) is 0 Å². The van der Waals surface area contributed by atoms with Crippen LogP contribution >= 0.6 is 0 Å². The van der Waals surface area contributed by atoms with Gasteiger partial charge in [-0.25, -0.2) is 0 Å². The molecule has 0 aliphatic carbocycles. The van der Waals surface area contributed by atoms with Gasteiger partial charge < -0.3 is 14.9 Å². The predicted molar refractivity (Wildman–Crippen MR) is 61.9 cm³/mol. The second-order valence-corrected chi connectivity index (χ2v) is 4.87. The van der Waals surface area contributed by atoms with E-state index in [-0.39, 0.29) is 11.9 Å². The van der Waals surface area contributed by atoms with E-state index in [0.29, 0.717) is 19.4 Å². The highest BCUT2D eigenvalue weighted by atomic mass is 16.6. The molecule has 0 saturated carbocycles. The van der Waals surface area contributed by atoms with Crippen LogP contribution in [-0.4, -0.2) is 28.9 Å². The number of ether oxygens (including phenoxy) is 1. The molecule has 0 aromatic heterocycles. The maximum atomic E-state index is 11.4. The molecule has 1 saturated heterocycles. The average molecular weight is 236 g/mol. The van der Waals surface area contributed by atoms with E-state index < -0.39 is 11.4 Å². The number of carbonyl (C=O) groups is 1. The van der Waals surface area contributed by atoms with Crippen molar-refractivity contribution in [3.63, 3.8) is 0 Å². The first-order valence-electron chi connectivity index (χ1n) is 5.62. The van der Waals surface area contributed by atoms with Crippen LogP contribution in [0.5, 0.6) is 5.75 Å². The van der Waals surface area contributed by atoms with Gasteiger partial charge in [0.05, 0.1) is 18.1 Å². The lowest BCUT2D eigenvalue weighted by atomic mass is 9.79. The van der Waals surface area contributed by atoms with Crippen molar-refractivity contribution in [2.24, 2.45) is 5.41 Å². The zero-order chi connectivity index (χ0) is 12.5. The SMILES string of the molecule is C[C@@](Cc1ccc(O)cc1)(CC1CO1)C(=O)O. The maximum absolute atomic E-state index is 11.4. The zero-order valence-corrected chi connectivity index (χ0v) is 9.72. The lowest BCUT2D eigenvalue weighted by Gasteiger charge is -2.24. The van der Waals surface area contributed by atoms with Crippen molar-refractivity contribution in [3.05, 3.63) is 29.8 Å². The Hall–Kier alpha value is -1.55. The number of hydrogen-bond donors (Lipinski definition) is 2. The fraction of sp³-hybridized carbons (Fsp3) is 0.462. The summed E-state index contributed by atoms with van der Waals surface area (Å²) in [7, 11) is 0. The molecule has 1 aliphatic rings. The predicted octanol–water partition coefficient (Wildman–Crippen LogP) is 1.81. The number of carboxylic acids is 1. The van der Waals surface area contributed by atoms with Crippen molar-refractivity contribution in [2.45, 2.75) is 25.9 Å². The fourth-order valence-corrected chi connectivity index (χ4v) is 1.99. The molecule has 1 aliphatic heterocycles. The molecule has 4 nitrogen and oxygen atoms in total. The van der Waals surface area contributed by atoms with Crippen LogP contribution in [-0.2, 0) is 16.0 Å². The van der Waals surface area contributed by atoms with E-state index >= 15 is 0 Å². The summed E-state index contributed by atoms with van der Waals surface area (Å²) in [5.74, 6) is -0.614. The van der Waals surface area contributed by atoms with Gasteiger partial charge in [-0.05, 0) is 37.5 Å². The highest BCUT2D eigenvalue weighted by Crippen LogP contribution is 2.33. The number of epoxide rings is 1. The van der Waals surface area contributed by atoms with Gasteiger partial charge >= 0.3 is 5.97 Å². The van der Waals surface area contributed by atoms with Gasteiger partial charge in [-0.3, -0.25) is 4.79 Å². The summed E-state index contributed by atoms with van der Waals surface area (Å²) >= 11 is 0. The summed E-state index contributed by atoms with van der Waals surface area (Å²) < 4.78 is 5.11. The molecule has 0 amide bonds. The standard InChI is InChI=1S/C13H16O4/c1-13(12(15)16,7-11-8-17-11)6-9-2-4-10(14)5-3-9/h2-5,11,14H,6-8H2,1H3,(H,15,16)/t11?,13-/m1/s1. The molecule has 2 atom stereocenters. The molecule has 1 heterocycles. The van der Waals surface area contributed by atoms with Crippen LogP contribution in [0.4, 0.5) is 0 Å². The highest BCUT2D eigenvalue weighted by Gasteiger charge is 2.40. The molecule has 2 rings (SSSR count). The van der Waals surface area contributed by atoms with Gasteiger partial charge in [-0.1, -0.05) is 12.1 Å². The van der Waals surface area contributed by atoms with Crippen LogP contribution in [0.25, 0.3) is 0 Å². The molecule has 17 heavy (non-hydrogen) atoms. The third-order valence-corrected chi connectivity index (χ3v) is 3.13. The Labute approximate surface area is 99.8 Å². The number of hydrogen-bond acceptors (Lipinski definition) is 3. The van der Waals surface area contributed by atoms with Crippen LogP contribution in [0.1, 0.15) is 18.9 Å². The van der Waals surface area contributed by atoms with Gasteiger partial charge in [0, 0.05) is 0 Å². The van der Waals surface area contributed by atoms with Crippen LogP contribution in [0, 0.1) is 5.41 Å². The van der Waals surface area contributed by atoms with Crippen LogP contribution < -0.4 is 0 Å². The second-order valence-electron chi connectivity index (χ2n) is 4.87. The van der Waals surface area contributed by atoms with Crippen LogP contribution in [0.3, 0.4) is 0 Å². The summed E-state index contributed by atoms with van der Waals surface area (Å²) in [6, 6.07) is 6.66. The minimum atomic E-state index is -0.807. The summed E-state index contributed by atoms with van der Waals surface area (Å²) in [4.78, 5) is 11.4. The van der Waals surface area contributed by atoms with E-state index in [1.165, 1.54) is 0 Å². The van der Waals surface area contributed by atoms with Gasteiger partial charge in [0.1, 0.15) is 5.75 Å². The molecule has 0 bridgehead atoms. The number of aliphatic carboxylic acids is 1. The average Bonchev–Trinajstić information content (AvgIpc) is 3.05. The van der Waals surface area contributed by atoms with Gasteiger partial charge in [-0.15, -0.1) is 0 Å². The molecule has 0 spiro atoms. The molecular weight excluding hydrogens is 220 g/mol. The van der Waals surface area contributed by atoms with Gasteiger partial charge in [0.25, 0.3) is 0 Å². The summed E-state index contributed by atoms with van der Waals surface area (Å²) in [5.41, 5.74) is 0.103. The Kier molecular flexibility index (Phi) is 3.07. The third-order valence-electron chi connectivity index (χ3n) is 3.13. The number of aromatic hydroxyl groups is 1. The van der Waals surface area contributed by atoms with Crippen molar-refractivity contribution >= 4 is 5.97 Å². The molecule has 1 aromatic carbocycles. The Morgan fingerprint density at radius 2 is 2.06 bits per heavy atom. The molecule has 1 aromatic rings. The first-order chi connectivity index (χ1) is 7.99. The lowest BCUT2D eigenvalue weighted by molar-refractivity contribution is -0.148. The highest BCUT2D eigenvalue weighted by molar-refractivity contribution is 5.74. The molecule has 4 heteroatoms. The van der Waals surface area contributed by atoms with Crippen molar-refractivity contribution in [3.8, 4) is 5.75 Å². The molecular formula is C13H16O4. The van der Waals surface area contributed by atoms with E-state index in [9.17, 15) is 15.0 Å². The summed E-state index contributed by atoms with van der Waals surface area (Å²) in [5, 5.41) is 18.5. The van der Waals surface area contributed by atoms with E-state index in [1.807, 2.05) is 0 Å². The first kappa shape index (κ1) is 11.9. The van der Waals surface area contributed by atoms with Crippen LogP contribution in [0.15, 0.2) is 24.3 Å². The van der Waals surface area contributed by atoms with Gasteiger partial charge in [-0.2, -0.15) is 0 Å². The Morgan fingerprint density at radius 1 is 1.47 bits per heavy atom. The van der Waals surface area contributed by atoms with Gasteiger partial charge in [0.15, 0.2) is 0 Å². The second kappa shape index (κ2) is 4.37. The lowest BCUT2D eigenvalue weighted by Crippen LogP contribution is -2.31. The molecule has 92 valence electrons. The quantitative estimate of drug-likeness (QED) is 0.765. The molecule has 2 N–H and O–H groups in total. The van der Waals surface area contributed by atoms with E-state index in [0.717, 1.165) is 5.56 Å². The summed E-state index contributed by atoms with van der Waals surface area (Å²) in [6.45, 7) is 2.41. The topological polar surface area (TPSA) is 70.1 Å².